The van der Waals surface area contributed by atoms with E-state index in [0.29, 0.717) is 6.54 Å². The highest BCUT2D eigenvalue weighted by Gasteiger charge is 2.19. The average molecular weight is 370 g/mol. The number of nitrogens with one attached hydrogen (secondary N) is 3. The van der Waals surface area contributed by atoms with Crippen LogP contribution in [0.1, 0.15) is 38.2 Å². The minimum Gasteiger partial charge on any atom is -0.355 e. The fourth-order valence-electron chi connectivity index (χ4n) is 3.71. The molecule has 0 aliphatic carbocycles. The van der Waals surface area contributed by atoms with Gasteiger partial charge < -0.3 is 10.6 Å². The summed E-state index contributed by atoms with van der Waals surface area (Å²) in [6.45, 7) is 6.21. The van der Waals surface area contributed by atoms with Crippen LogP contribution in [0, 0.1) is 0 Å². The molecule has 7 nitrogen and oxygen atoms in total. The molecular weight excluding hydrogens is 338 g/mol. The Balaban J connectivity index is 1.46. The van der Waals surface area contributed by atoms with Gasteiger partial charge in [0, 0.05) is 38.3 Å². The average Bonchev–Trinajstić information content (AvgIpc) is 3.26. The molecule has 1 saturated heterocycles. The molecule has 1 fully saturated rings. The van der Waals surface area contributed by atoms with E-state index in [1.165, 1.54) is 44.1 Å². The Morgan fingerprint density at radius 3 is 3.04 bits per heavy atom. The fourth-order valence-corrected chi connectivity index (χ4v) is 3.71. The molecule has 0 amide bonds. The van der Waals surface area contributed by atoms with Gasteiger partial charge in [-0.3, -0.25) is 15.0 Å². The maximum atomic E-state index is 4.34. The molecule has 0 saturated carbocycles. The lowest BCUT2D eigenvalue weighted by molar-refractivity contribution is 0.147. The first-order valence-electron chi connectivity index (χ1n) is 9.93. The van der Waals surface area contributed by atoms with E-state index in [1.54, 1.807) is 0 Å². The molecule has 27 heavy (non-hydrogen) atoms. The number of nitrogens with zero attached hydrogens (tertiary/aromatic N) is 4. The highest BCUT2D eigenvalue weighted by Crippen LogP contribution is 2.18. The summed E-state index contributed by atoms with van der Waals surface area (Å²) in [6, 6.07) is 9.01. The number of piperidine rings is 1. The van der Waals surface area contributed by atoms with Gasteiger partial charge in [-0.25, -0.2) is 4.98 Å². The van der Waals surface area contributed by atoms with Gasteiger partial charge in [-0.1, -0.05) is 31.5 Å². The number of aliphatic imine (C=N–C) groups is 1. The van der Waals surface area contributed by atoms with E-state index < -0.39 is 0 Å². The van der Waals surface area contributed by atoms with Crippen molar-refractivity contribution < 1.29 is 0 Å². The maximum Gasteiger partial charge on any atom is 0.191 e. The number of aromatic amines is 1. The first kappa shape index (κ1) is 19.4. The van der Waals surface area contributed by atoms with Crippen LogP contribution >= 0.6 is 0 Å². The summed E-state index contributed by atoms with van der Waals surface area (Å²) in [5, 5.41) is 13.7. The lowest BCUT2D eigenvalue weighted by Crippen LogP contribution is -2.45. The van der Waals surface area contributed by atoms with Crippen LogP contribution in [0.4, 0.5) is 0 Å². The summed E-state index contributed by atoms with van der Waals surface area (Å²) in [4.78, 5) is 11.2. The summed E-state index contributed by atoms with van der Waals surface area (Å²) < 4.78 is 0. The van der Waals surface area contributed by atoms with Crippen LogP contribution in [0.2, 0.25) is 0 Å². The molecule has 1 aromatic heterocycles. The first-order chi connectivity index (χ1) is 13.3. The van der Waals surface area contributed by atoms with Crippen molar-refractivity contribution in [1.82, 2.24) is 30.7 Å². The van der Waals surface area contributed by atoms with E-state index in [9.17, 15) is 0 Å². The molecule has 1 aromatic carbocycles. The number of hydrogen-bond acceptors (Lipinski definition) is 4. The Kier molecular flexibility index (Phi) is 7.21. The van der Waals surface area contributed by atoms with Crippen LogP contribution < -0.4 is 10.6 Å². The third kappa shape index (κ3) is 5.53. The summed E-state index contributed by atoms with van der Waals surface area (Å²) in [5.41, 5.74) is 2.21. The largest absolute Gasteiger partial charge is 0.355 e. The molecule has 7 heteroatoms. The lowest BCUT2D eigenvalue weighted by Gasteiger charge is -2.35. The highest BCUT2D eigenvalue weighted by molar-refractivity contribution is 5.79. The van der Waals surface area contributed by atoms with Crippen molar-refractivity contribution in [3.05, 3.63) is 36.2 Å². The normalized spacial score (nSPS) is 18.4. The van der Waals surface area contributed by atoms with Gasteiger partial charge in [-0.2, -0.15) is 5.10 Å². The van der Waals surface area contributed by atoms with E-state index in [1.807, 2.05) is 19.2 Å². The van der Waals surface area contributed by atoms with E-state index >= 15 is 0 Å². The third-order valence-corrected chi connectivity index (χ3v) is 5.21. The Morgan fingerprint density at radius 1 is 1.33 bits per heavy atom. The molecule has 1 unspecified atom stereocenters. The number of likely N-dealkylation sites (tertiary alicyclic amines) is 1. The van der Waals surface area contributed by atoms with Crippen molar-refractivity contribution in [3.63, 3.8) is 0 Å². The van der Waals surface area contributed by atoms with Crippen molar-refractivity contribution >= 4 is 5.96 Å². The van der Waals surface area contributed by atoms with Gasteiger partial charge >= 0.3 is 0 Å². The maximum absolute atomic E-state index is 4.34. The molecule has 1 aliphatic rings. The molecule has 1 aliphatic heterocycles. The minimum atomic E-state index is 0.711. The van der Waals surface area contributed by atoms with Gasteiger partial charge in [0.1, 0.15) is 6.33 Å². The van der Waals surface area contributed by atoms with Crippen molar-refractivity contribution in [2.75, 3.05) is 26.7 Å². The topological polar surface area (TPSA) is 81.2 Å². The molecule has 0 spiro atoms. The van der Waals surface area contributed by atoms with Crippen molar-refractivity contribution in [3.8, 4) is 11.4 Å². The van der Waals surface area contributed by atoms with Crippen LogP contribution in [-0.4, -0.2) is 58.8 Å². The van der Waals surface area contributed by atoms with Gasteiger partial charge in [0.15, 0.2) is 11.8 Å². The number of benzene rings is 1. The molecule has 3 rings (SSSR count). The Bertz CT molecular complexity index is 711. The zero-order chi connectivity index (χ0) is 18.9. The smallest absolute Gasteiger partial charge is 0.191 e. The van der Waals surface area contributed by atoms with E-state index in [0.717, 1.165) is 36.5 Å². The number of aromatic nitrogens is 3. The molecule has 0 bridgehead atoms. The fraction of sp³-hybridized carbons (Fsp3) is 0.550. The molecule has 1 atom stereocenters. The standard InChI is InChI=1S/C20H31N7/c1-3-18-9-4-5-11-27(18)12-10-22-20(21-2)23-14-16-7-6-8-17(13-16)19-24-15-25-26-19/h6-8,13,15,18H,3-5,9-12,14H2,1-2H3,(H2,21,22,23)(H,24,25,26). The predicted molar refractivity (Wildman–Crippen MR) is 110 cm³/mol. The third-order valence-electron chi connectivity index (χ3n) is 5.21. The quantitative estimate of drug-likeness (QED) is 0.516. The van der Waals surface area contributed by atoms with Gasteiger partial charge in [0.2, 0.25) is 0 Å². The van der Waals surface area contributed by atoms with Crippen LogP contribution in [0.25, 0.3) is 11.4 Å². The van der Waals surface area contributed by atoms with Gasteiger partial charge in [-0.05, 0) is 37.4 Å². The second-order valence-electron chi connectivity index (χ2n) is 6.98. The molecule has 2 aromatic rings. The van der Waals surface area contributed by atoms with E-state index in [2.05, 4.69) is 54.8 Å². The zero-order valence-corrected chi connectivity index (χ0v) is 16.4. The van der Waals surface area contributed by atoms with Crippen LogP contribution in [0.3, 0.4) is 0 Å². The number of hydrogen-bond donors (Lipinski definition) is 3. The second-order valence-corrected chi connectivity index (χ2v) is 6.98. The second kappa shape index (κ2) is 10.1. The summed E-state index contributed by atoms with van der Waals surface area (Å²) in [5.74, 6) is 1.62. The van der Waals surface area contributed by atoms with Gasteiger partial charge in [0.25, 0.3) is 0 Å². The summed E-state index contributed by atoms with van der Waals surface area (Å²) >= 11 is 0. The van der Waals surface area contributed by atoms with E-state index in [-0.39, 0.29) is 0 Å². The number of rotatable bonds is 7. The lowest BCUT2D eigenvalue weighted by atomic mass is 10.0. The highest BCUT2D eigenvalue weighted by atomic mass is 15.2. The summed E-state index contributed by atoms with van der Waals surface area (Å²) in [7, 11) is 1.82. The van der Waals surface area contributed by atoms with Crippen LogP contribution in [0.5, 0.6) is 0 Å². The summed E-state index contributed by atoms with van der Waals surface area (Å²) in [6.07, 6.45) is 6.81. The monoisotopic (exact) mass is 369 g/mol. The molecule has 3 N–H and O–H groups in total. The van der Waals surface area contributed by atoms with Crippen molar-refractivity contribution in [2.45, 2.75) is 45.2 Å². The molecular formula is C20H31N7. The molecule has 146 valence electrons. The first-order valence-corrected chi connectivity index (χ1v) is 9.93. The van der Waals surface area contributed by atoms with Crippen LogP contribution in [-0.2, 0) is 6.54 Å². The molecule has 2 heterocycles. The Morgan fingerprint density at radius 2 is 2.26 bits per heavy atom. The SMILES string of the molecule is CCC1CCCCN1CCNC(=NC)NCc1cccc(-c2ncn[nH]2)c1. The number of guanidine groups is 1. The molecule has 0 radical (unpaired) electrons. The van der Waals surface area contributed by atoms with Gasteiger partial charge in [0.05, 0.1) is 0 Å². The van der Waals surface area contributed by atoms with Gasteiger partial charge in [-0.15, -0.1) is 0 Å². The van der Waals surface area contributed by atoms with E-state index in [4.69, 9.17) is 0 Å². The number of H-pyrrole nitrogens is 1. The van der Waals surface area contributed by atoms with Crippen molar-refractivity contribution in [2.24, 2.45) is 4.99 Å². The predicted octanol–water partition coefficient (Wildman–Crippen LogP) is 2.40. The minimum absolute atomic E-state index is 0.711. The van der Waals surface area contributed by atoms with Crippen molar-refractivity contribution in [1.29, 1.82) is 0 Å². The van der Waals surface area contributed by atoms with Crippen LogP contribution in [0.15, 0.2) is 35.6 Å². The Hall–Kier alpha value is -2.41. The zero-order valence-electron chi connectivity index (χ0n) is 16.4. The Labute approximate surface area is 161 Å².